The predicted octanol–water partition coefficient (Wildman–Crippen LogP) is -0.963. The third-order valence-corrected chi connectivity index (χ3v) is 0.0956. The van der Waals surface area contributed by atoms with E-state index in [9.17, 15) is 0 Å². The van der Waals surface area contributed by atoms with Gasteiger partial charge in [0.25, 0.3) is 5.97 Å². The van der Waals surface area contributed by atoms with E-state index in [1.165, 1.54) is 0 Å². The molecule has 0 rings (SSSR count). The molecule has 0 aromatic heterocycles. The molecule has 5 nitrogen and oxygen atoms in total. The number of hydrogen-bond donors (Lipinski definition) is 2. The molecule has 0 bridgehead atoms. The second-order valence-corrected chi connectivity index (χ2v) is 0.936. The average molecular weight is 155 g/mol. The van der Waals surface area contributed by atoms with Crippen molar-refractivity contribution in [2.75, 3.05) is 0 Å². The van der Waals surface area contributed by atoms with Crippen molar-refractivity contribution < 1.29 is 19.8 Å². The van der Waals surface area contributed by atoms with Gasteiger partial charge in [0, 0.05) is 6.92 Å². The van der Waals surface area contributed by atoms with Crippen LogP contribution in [-0.4, -0.2) is 51.7 Å². The minimum absolute atomic E-state index is 0. The SMILES string of the molecule is CC(=O)O.N#CC(=O)O.[NaH]. The van der Waals surface area contributed by atoms with Crippen LogP contribution in [-0.2, 0) is 9.59 Å². The van der Waals surface area contributed by atoms with Crippen molar-refractivity contribution in [1.82, 2.24) is 0 Å². The summed E-state index contributed by atoms with van der Waals surface area (Å²) in [5.41, 5.74) is 0. The third-order valence-electron chi connectivity index (χ3n) is 0.0956. The molecule has 0 fully saturated rings. The van der Waals surface area contributed by atoms with Crippen LogP contribution in [0.25, 0.3) is 0 Å². The molecule has 6 heteroatoms. The Morgan fingerprint density at radius 3 is 1.50 bits per heavy atom. The number of carboxylic acids is 2. The second-order valence-electron chi connectivity index (χ2n) is 0.936. The van der Waals surface area contributed by atoms with Crippen LogP contribution in [0.3, 0.4) is 0 Å². The Labute approximate surface area is 79.6 Å². The van der Waals surface area contributed by atoms with E-state index in [0.717, 1.165) is 13.0 Å². The first-order valence-corrected chi connectivity index (χ1v) is 1.83. The summed E-state index contributed by atoms with van der Waals surface area (Å²) in [6, 6.07) is 0.944. The topological polar surface area (TPSA) is 98.4 Å². The molecule has 0 aromatic carbocycles. The van der Waals surface area contributed by atoms with Crippen molar-refractivity contribution in [2.24, 2.45) is 0 Å². The summed E-state index contributed by atoms with van der Waals surface area (Å²) in [5, 5.41) is 22.1. The number of nitrogens with zero attached hydrogens (tertiary/aromatic N) is 1. The Kier molecular flexibility index (Phi) is 18.2. The summed E-state index contributed by atoms with van der Waals surface area (Å²) in [6.45, 7) is 1.08. The quantitative estimate of drug-likeness (QED) is 0.266. The number of aliphatic carboxylic acids is 2. The zero-order valence-corrected chi connectivity index (χ0v) is 4.66. The van der Waals surface area contributed by atoms with Crippen molar-refractivity contribution in [2.45, 2.75) is 6.92 Å². The molecule has 2 N–H and O–H groups in total. The van der Waals surface area contributed by atoms with Crippen LogP contribution in [0, 0.1) is 11.3 Å². The van der Waals surface area contributed by atoms with Crippen LogP contribution >= 0.6 is 0 Å². The van der Waals surface area contributed by atoms with Gasteiger partial charge in [-0.25, -0.2) is 4.79 Å². The van der Waals surface area contributed by atoms with Gasteiger partial charge in [0.15, 0.2) is 6.07 Å². The number of hydrogen-bond acceptors (Lipinski definition) is 3. The Balaban J connectivity index is -0.0000000910. The van der Waals surface area contributed by atoms with Crippen molar-refractivity contribution in [3.05, 3.63) is 0 Å². The average Bonchev–Trinajstić information content (AvgIpc) is 1.65. The fourth-order valence-electron chi connectivity index (χ4n) is 0. The van der Waals surface area contributed by atoms with Gasteiger partial charge in [0.2, 0.25) is 0 Å². The van der Waals surface area contributed by atoms with Crippen molar-refractivity contribution in [3.8, 4) is 6.07 Å². The Hall–Kier alpha value is -0.570. The molecule has 0 aromatic rings. The molecule has 10 heavy (non-hydrogen) atoms. The second kappa shape index (κ2) is 11.3. The molecule has 0 aliphatic carbocycles. The molecule has 0 aliphatic heterocycles. The molecular formula is C4H6NNaO4. The third kappa shape index (κ3) is 150. The first-order chi connectivity index (χ1) is 4.00. The van der Waals surface area contributed by atoms with Crippen molar-refractivity contribution in [1.29, 1.82) is 5.26 Å². The molecule has 0 heterocycles. The first kappa shape index (κ1) is 16.2. The van der Waals surface area contributed by atoms with Crippen LogP contribution in [0.2, 0.25) is 0 Å². The predicted molar refractivity (Wildman–Crippen MR) is 33.7 cm³/mol. The Morgan fingerprint density at radius 1 is 1.40 bits per heavy atom. The number of nitriles is 1. The van der Waals surface area contributed by atoms with Gasteiger partial charge in [-0.3, -0.25) is 4.79 Å². The molecule has 0 aliphatic rings. The monoisotopic (exact) mass is 155 g/mol. The van der Waals surface area contributed by atoms with E-state index in [1.807, 2.05) is 0 Å². The van der Waals surface area contributed by atoms with Gasteiger partial charge in [-0.1, -0.05) is 0 Å². The van der Waals surface area contributed by atoms with E-state index >= 15 is 0 Å². The van der Waals surface area contributed by atoms with Gasteiger partial charge >= 0.3 is 35.5 Å². The maximum atomic E-state index is 9.01. The molecule has 0 atom stereocenters. The van der Waals surface area contributed by atoms with Crippen molar-refractivity contribution in [3.63, 3.8) is 0 Å². The normalized spacial score (nSPS) is 5.20. The van der Waals surface area contributed by atoms with Gasteiger partial charge < -0.3 is 10.2 Å². The van der Waals surface area contributed by atoms with Crippen LogP contribution in [0.15, 0.2) is 0 Å². The summed E-state index contributed by atoms with van der Waals surface area (Å²) in [6.07, 6.45) is 0. The number of rotatable bonds is 0. The molecule has 0 spiro atoms. The van der Waals surface area contributed by atoms with E-state index in [2.05, 4.69) is 0 Å². The molecule has 0 amide bonds. The minimum atomic E-state index is -1.44. The zero-order chi connectivity index (χ0) is 7.86. The van der Waals surface area contributed by atoms with Crippen LogP contribution in [0.5, 0.6) is 0 Å². The van der Waals surface area contributed by atoms with Crippen LogP contribution in [0.1, 0.15) is 6.92 Å². The fourth-order valence-corrected chi connectivity index (χ4v) is 0. The number of carboxylic acid groups (broad SMARTS) is 2. The Morgan fingerprint density at radius 2 is 1.50 bits per heavy atom. The fraction of sp³-hybridized carbons (Fsp3) is 0.250. The van der Waals surface area contributed by atoms with E-state index in [1.54, 1.807) is 0 Å². The van der Waals surface area contributed by atoms with Gasteiger partial charge in [-0.05, 0) is 0 Å². The Bertz CT molecular complexity index is 146. The molecular weight excluding hydrogens is 149 g/mol. The summed E-state index contributed by atoms with van der Waals surface area (Å²) in [7, 11) is 0. The summed E-state index contributed by atoms with van der Waals surface area (Å²) < 4.78 is 0. The van der Waals surface area contributed by atoms with Gasteiger partial charge in [-0.15, -0.1) is 0 Å². The summed E-state index contributed by atoms with van der Waals surface area (Å²) >= 11 is 0. The van der Waals surface area contributed by atoms with Crippen molar-refractivity contribution >= 4 is 41.5 Å². The summed E-state index contributed by atoms with van der Waals surface area (Å²) in [4.78, 5) is 18.0. The van der Waals surface area contributed by atoms with E-state index in [-0.39, 0.29) is 29.6 Å². The van der Waals surface area contributed by atoms with Crippen LogP contribution < -0.4 is 0 Å². The molecule has 0 radical (unpaired) electrons. The van der Waals surface area contributed by atoms with E-state index in [4.69, 9.17) is 25.1 Å². The molecule has 0 saturated heterocycles. The summed E-state index contributed by atoms with van der Waals surface area (Å²) in [5.74, 6) is -2.27. The molecule has 0 unspecified atom stereocenters. The van der Waals surface area contributed by atoms with Gasteiger partial charge in [0.05, 0.1) is 0 Å². The van der Waals surface area contributed by atoms with E-state index in [0.29, 0.717) is 0 Å². The van der Waals surface area contributed by atoms with Gasteiger partial charge in [-0.2, -0.15) is 5.26 Å². The standard InChI is InChI=1S/C2HNO2.C2H4O2.Na.H/c3-1-2(4)5;1-2(3)4;;/h(H,4,5);1H3,(H,3,4);;. The van der Waals surface area contributed by atoms with E-state index < -0.39 is 11.9 Å². The molecule has 52 valence electrons. The first-order valence-electron chi connectivity index (χ1n) is 1.83. The van der Waals surface area contributed by atoms with Gasteiger partial charge in [0.1, 0.15) is 0 Å². The zero-order valence-electron chi connectivity index (χ0n) is 4.66. The maximum absolute atomic E-state index is 9.01. The number of carbonyl (C=O) groups is 2. The van der Waals surface area contributed by atoms with Crippen LogP contribution in [0.4, 0.5) is 0 Å². The molecule has 0 saturated carbocycles.